The zero-order valence-corrected chi connectivity index (χ0v) is 20.8. The van der Waals surface area contributed by atoms with Gasteiger partial charge in [0.2, 0.25) is 0 Å². The van der Waals surface area contributed by atoms with Gasteiger partial charge in [0, 0.05) is 34.5 Å². The normalized spacial score (nSPS) is 13.5. The number of hydrogen-bond donors (Lipinski definition) is 0. The van der Waals surface area contributed by atoms with Crippen molar-refractivity contribution in [2.45, 2.75) is 19.3 Å². The van der Waals surface area contributed by atoms with Gasteiger partial charge in [-0.1, -0.05) is 85.8 Å². The number of aromatic nitrogens is 4. The minimum Gasteiger partial charge on any atom is -0.244 e. The lowest BCUT2D eigenvalue weighted by Crippen LogP contribution is -2.14. The van der Waals surface area contributed by atoms with Gasteiger partial charge in [-0.25, -0.2) is 19.9 Å². The van der Waals surface area contributed by atoms with Crippen LogP contribution >= 0.6 is 11.3 Å². The smallest absolute Gasteiger partial charge is 0.159 e. The topological polar surface area (TPSA) is 51.6 Å². The molecule has 36 heavy (non-hydrogen) atoms. The summed E-state index contributed by atoms with van der Waals surface area (Å²) in [5, 5.41) is 0.965. The molecule has 0 aliphatic heterocycles. The number of rotatable bonds is 3. The van der Waals surface area contributed by atoms with Crippen molar-refractivity contribution in [3.05, 3.63) is 108 Å². The zero-order valence-electron chi connectivity index (χ0n) is 19.9. The van der Waals surface area contributed by atoms with E-state index in [1.54, 1.807) is 17.5 Å². The fourth-order valence-electron chi connectivity index (χ4n) is 5.18. The molecule has 0 unspecified atom stereocenters. The molecule has 0 fully saturated rings. The van der Waals surface area contributed by atoms with Crippen LogP contribution in [-0.4, -0.2) is 19.9 Å². The van der Waals surface area contributed by atoms with E-state index >= 15 is 0 Å². The van der Waals surface area contributed by atoms with Crippen LogP contribution in [0.2, 0.25) is 0 Å². The molecule has 3 heterocycles. The predicted octanol–water partition coefficient (Wildman–Crippen LogP) is 7.79. The van der Waals surface area contributed by atoms with Crippen LogP contribution < -0.4 is 0 Å². The maximum atomic E-state index is 4.94. The molecule has 6 aromatic rings. The van der Waals surface area contributed by atoms with Crippen LogP contribution in [0.4, 0.5) is 0 Å². The quantitative estimate of drug-likeness (QED) is 0.258. The maximum Gasteiger partial charge on any atom is 0.159 e. The molecule has 0 amide bonds. The summed E-state index contributed by atoms with van der Waals surface area (Å²) >= 11 is 1.60. The van der Waals surface area contributed by atoms with Gasteiger partial charge in [-0.05, 0) is 46.5 Å². The van der Waals surface area contributed by atoms with Crippen LogP contribution in [0.3, 0.4) is 0 Å². The Morgan fingerprint density at radius 3 is 2.28 bits per heavy atom. The van der Waals surface area contributed by atoms with Gasteiger partial charge in [-0.3, -0.25) is 0 Å². The molecule has 1 aliphatic rings. The van der Waals surface area contributed by atoms with Crippen molar-refractivity contribution in [1.29, 1.82) is 0 Å². The average Bonchev–Trinajstić information content (AvgIpc) is 3.46. The fraction of sp³-hybridized carbons (Fsp3) is 0.0968. The van der Waals surface area contributed by atoms with Gasteiger partial charge < -0.3 is 0 Å². The maximum absolute atomic E-state index is 4.94. The van der Waals surface area contributed by atoms with Crippen molar-refractivity contribution >= 4 is 21.7 Å². The number of thiazole rings is 1. The van der Waals surface area contributed by atoms with E-state index < -0.39 is 0 Å². The minimum absolute atomic E-state index is 0.0379. The highest BCUT2D eigenvalue weighted by atomic mass is 32.1. The molecule has 0 atom stereocenters. The number of nitrogens with zero attached hydrogens (tertiary/aromatic N) is 4. The van der Waals surface area contributed by atoms with E-state index in [0.717, 1.165) is 37.7 Å². The molecular formula is C31H22N4S. The Balaban J connectivity index is 1.23. The van der Waals surface area contributed by atoms with Crippen molar-refractivity contribution in [3.63, 3.8) is 0 Å². The molecule has 1 aliphatic carbocycles. The molecule has 0 spiro atoms. The third-order valence-electron chi connectivity index (χ3n) is 7.09. The predicted molar refractivity (Wildman–Crippen MR) is 147 cm³/mol. The van der Waals surface area contributed by atoms with Gasteiger partial charge in [0.1, 0.15) is 15.4 Å². The first-order chi connectivity index (χ1) is 17.6. The van der Waals surface area contributed by atoms with Crippen LogP contribution in [0, 0.1) is 0 Å². The van der Waals surface area contributed by atoms with Gasteiger partial charge in [-0.2, -0.15) is 0 Å². The average molecular weight is 483 g/mol. The Morgan fingerprint density at radius 2 is 1.42 bits per heavy atom. The summed E-state index contributed by atoms with van der Waals surface area (Å²) in [6, 6.07) is 29.6. The molecule has 3 aromatic carbocycles. The molecular weight excluding hydrogens is 460 g/mol. The van der Waals surface area contributed by atoms with Gasteiger partial charge in [0.15, 0.2) is 5.82 Å². The highest BCUT2D eigenvalue weighted by Crippen LogP contribution is 2.49. The van der Waals surface area contributed by atoms with Crippen LogP contribution in [0.25, 0.3) is 54.7 Å². The van der Waals surface area contributed by atoms with E-state index in [1.807, 2.05) is 24.4 Å². The highest BCUT2D eigenvalue weighted by molar-refractivity contribution is 7.21. The summed E-state index contributed by atoms with van der Waals surface area (Å²) < 4.78 is 0. The van der Waals surface area contributed by atoms with Gasteiger partial charge in [0.25, 0.3) is 0 Å². The molecule has 7 rings (SSSR count). The van der Waals surface area contributed by atoms with Gasteiger partial charge in [0.05, 0.1) is 5.69 Å². The van der Waals surface area contributed by atoms with Crippen molar-refractivity contribution in [3.8, 4) is 44.3 Å². The minimum atomic E-state index is -0.0379. The molecule has 4 nitrogen and oxygen atoms in total. The fourth-order valence-corrected chi connectivity index (χ4v) is 6.09. The van der Waals surface area contributed by atoms with Crippen molar-refractivity contribution in [2.24, 2.45) is 0 Å². The van der Waals surface area contributed by atoms with Crippen molar-refractivity contribution in [2.75, 3.05) is 0 Å². The third-order valence-corrected chi connectivity index (χ3v) is 8.12. The van der Waals surface area contributed by atoms with Crippen LogP contribution in [0.5, 0.6) is 0 Å². The van der Waals surface area contributed by atoms with Crippen molar-refractivity contribution in [1.82, 2.24) is 19.9 Å². The lowest BCUT2D eigenvalue weighted by molar-refractivity contribution is 0.660. The second kappa shape index (κ2) is 7.90. The lowest BCUT2D eigenvalue weighted by Gasteiger charge is -2.21. The van der Waals surface area contributed by atoms with E-state index in [-0.39, 0.29) is 5.41 Å². The van der Waals surface area contributed by atoms with E-state index in [0.29, 0.717) is 5.82 Å². The molecule has 3 aromatic heterocycles. The number of benzene rings is 3. The molecule has 0 saturated carbocycles. The first kappa shape index (κ1) is 21.1. The summed E-state index contributed by atoms with van der Waals surface area (Å²) in [5.74, 6) is 0.716. The van der Waals surface area contributed by atoms with Gasteiger partial charge in [-0.15, -0.1) is 0 Å². The molecule has 5 heteroatoms. The Morgan fingerprint density at radius 1 is 0.639 bits per heavy atom. The molecule has 0 saturated heterocycles. The summed E-state index contributed by atoms with van der Waals surface area (Å²) in [6.07, 6.45) is 3.65. The van der Waals surface area contributed by atoms with Crippen molar-refractivity contribution < 1.29 is 0 Å². The van der Waals surface area contributed by atoms with E-state index in [1.165, 1.54) is 22.3 Å². The monoisotopic (exact) mass is 482 g/mol. The molecule has 0 N–H and O–H groups in total. The zero-order chi connectivity index (χ0) is 24.3. The number of pyridine rings is 1. The second-order valence-corrected chi connectivity index (χ2v) is 10.6. The number of hydrogen-bond acceptors (Lipinski definition) is 5. The Hall–Kier alpha value is -4.22. The standard InChI is InChI=1S/C31H22N4S/c1-31(2)24-7-4-3-6-22(24)23-14-13-21(18-25(23)31)26-15-17-32-28(34-26)19-9-11-20(12-10-19)29-35-27-8-5-16-33-30(27)36-29/h3-18H,1-2H3. The summed E-state index contributed by atoms with van der Waals surface area (Å²) in [6.45, 7) is 4.60. The molecule has 172 valence electrons. The first-order valence-corrected chi connectivity index (χ1v) is 12.8. The summed E-state index contributed by atoms with van der Waals surface area (Å²) in [7, 11) is 0. The Bertz CT molecular complexity index is 1730. The van der Waals surface area contributed by atoms with Gasteiger partial charge >= 0.3 is 0 Å². The largest absolute Gasteiger partial charge is 0.244 e. The third kappa shape index (κ3) is 3.28. The SMILES string of the molecule is CC1(C)c2ccccc2-c2ccc(-c3ccnc(-c4ccc(-c5nc6cccnc6s5)cc4)n3)cc21. The molecule has 0 bridgehead atoms. The lowest BCUT2D eigenvalue weighted by atomic mass is 9.82. The Labute approximate surface area is 213 Å². The second-order valence-electron chi connectivity index (χ2n) is 9.62. The van der Waals surface area contributed by atoms with E-state index in [9.17, 15) is 0 Å². The Kier molecular flexibility index (Phi) is 4.63. The number of fused-ring (bicyclic) bond motifs is 4. The summed E-state index contributed by atoms with van der Waals surface area (Å²) in [5.41, 5.74) is 10.3. The summed E-state index contributed by atoms with van der Waals surface area (Å²) in [4.78, 5) is 19.6. The van der Waals surface area contributed by atoms with Crippen LogP contribution in [-0.2, 0) is 5.41 Å². The van der Waals surface area contributed by atoms with Crippen LogP contribution in [0.15, 0.2) is 97.3 Å². The van der Waals surface area contributed by atoms with E-state index in [4.69, 9.17) is 9.97 Å². The first-order valence-electron chi connectivity index (χ1n) is 12.0. The molecule has 0 radical (unpaired) electrons. The van der Waals surface area contributed by atoms with Crippen LogP contribution in [0.1, 0.15) is 25.0 Å². The van der Waals surface area contributed by atoms with E-state index in [2.05, 4.69) is 90.5 Å². The highest BCUT2D eigenvalue weighted by Gasteiger charge is 2.35.